The standard InChI is InChI=1S/C26H37NO7/c1-24(2,3)34-23(29)27-19(21(22(28)30-8)32-25(27,4)5)20-18(31-26(6,7)33-20)16-12-15-17-13-10-9-11-14-17/h9-15,18-21H,16H2,1-8H3/b15-12+/t18-,19+,20+,21-/m0/s1. The average Bonchev–Trinajstić information content (AvgIpc) is 3.18. The summed E-state index contributed by atoms with van der Waals surface area (Å²) in [5.74, 6) is -1.50. The third kappa shape index (κ3) is 5.98. The number of ether oxygens (including phenoxy) is 5. The highest BCUT2D eigenvalue weighted by atomic mass is 16.8. The van der Waals surface area contributed by atoms with Gasteiger partial charge in [-0.15, -0.1) is 0 Å². The Labute approximate surface area is 202 Å². The van der Waals surface area contributed by atoms with Crippen LogP contribution in [0.5, 0.6) is 0 Å². The van der Waals surface area contributed by atoms with Crippen molar-refractivity contribution in [1.29, 1.82) is 0 Å². The van der Waals surface area contributed by atoms with Crippen LogP contribution in [0.15, 0.2) is 36.4 Å². The summed E-state index contributed by atoms with van der Waals surface area (Å²) in [5, 5.41) is 0. The topological polar surface area (TPSA) is 83.5 Å². The van der Waals surface area contributed by atoms with Gasteiger partial charge in [-0.05, 0) is 60.5 Å². The molecule has 0 aliphatic carbocycles. The number of carbonyl (C=O) groups is 2. The lowest BCUT2D eigenvalue weighted by Crippen LogP contribution is -2.57. The Morgan fingerprint density at radius 1 is 1.06 bits per heavy atom. The number of nitrogens with zero attached hydrogens (tertiary/aromatic N) is 1. The van der Waals surface area contributed by atoms with Crippen molar-refractivity contribution >= 4 is 18.1 Å². The van der Waals surface area contributed by atoms with E-state index in [1.54, 1.807) is 34.6 Å². The van der Waals surface area contributed by atoms with Crippen molar-refractivity contribution in [3.8, 4) is 0 Å². The molecule has 1 aromatic carbocycles. The minimum absolute atomic E-state index is 0.436. The summed E-state index contributed by atoms with van der Waals surface area (Å²) in [6.45, 7) is 12.4. The normalized spacial score (nSPS) is 28.3. The Balaban J connectivity index is 1.95. The van der Waals surface area contributed by atoms with Crippen molar-refractivity contribution in [2.45, 2.75) is 96.4 Å². The predicted molar refractivity (Wildman–Crippen MR) is 127 cm³/mol. The summed E-state index contributed by atoms with van der Waals surface area (Å²) < 4.78 is 29.3. The van der Waals surface area contributed by atoms with Crippen LogP contribution in [0.3, 0.4) is 0 Å². The Morgan fingerprint density at radius 3 is 2.29 bits per heavy atom. The van der Waals surface area contributed by atoms with Crippen molar-refractivity contribution in [3.05, 3.63) is 42.0 Å². The first-order chi connectivity index (χ1) is 15.7. The van der Waals surface area contributed by atoms with E-state index in [0.717, 1.165) is 5.56 Å². The molecule has 1 amide bonds. The lowest BCUT2D eigenvalue weighted by Gasteiger charge is -2.37. The zero-order chi connectivity index (χ0) is 25.3. The van der Waals surface area contributed by atoms with Gasteiger partial charge in [-0.25, -0.2) is 9.59 Å². The molecule has 2 aliphatic heterocycles. The van der Waals surface area contributed by atoms with Gasteiger partial charge in [-0.2, -0.15) is 0 Å². The number of rotatable bonds is 5. The molecule has 0 bridgehead atoms. The van der Waals surface area contributed by atoms with E-state index < -0.39 is 53.5 Å². The first-order valence-corrected chi connectivity index (χ1v) is 11.6. The maximum Gasteiger partial charge on any atom is 0.413 e. The van der Waals surface area contributed by atoms with E-state index in [1.165, 1.54) is 12.0 Å². The molecule has 0 unspecified atom stereocenters. The van der Waals surface area contributed by atoms with Gasteiger partial charge in [0.25, 0.3) is 0 Å². The number of carbonyl (C=O) groups excluding carboxylic acids is 2. The predicted octanol–water partition coefficient (Wildman–Crippen LogP) is 4.52. The maximum atomic E-state index is 13.3. The van der Waals surface area contributed by atoms with Crippen LogP contribution >= 0.6 is 0 Å². The summed E-state index contributed by atoms with van der Waals surface area (Å²) in [5.41, 5.74) is -0.803. The fourth-order valence-corrected chi connectivity index (χ4v) is 4.44. The number of methoxy groups -OCH3 is 1. The Hall–Kier alpha value is -2.42. The molecule has 8 heteroatoms. The van der Waals surface area contributed by atoms with Crippen LogP contribution < -0.4 is 0 Å². The highest BCUT2D eigenvalue weighted by Gasteiger charge is 2.61. The zero-order valence-electron chi connectivity index (χ0n) is 21.4. The largest absolute Gasteiger partial charge is 0.467 e. The monoisotopic (exact) mass is 475 g/mol. The lowest BCUT2D eigenvalue weighted by molar-refractivity contribution is -0.162. The van der Waals surface area contributed by atoms with E-state index >= 15 is 0 Å². The fraction of sp³-hybridized carbons (Fsp3) is 0.615. The molecule has 3 rings (SSSR count). The van der Waals surface area contributed by atoms with Gasteiger partial charge in [0.1, 0.15) is 23.5 Å². The third-order valence-corrected chi connectivity index (χ3v) is 5.66. The molecule has 8 nitrogen and oxygen atoms in total. The van der Waals surface area contributed by atoms with Gasteiger partial charge in [-0.1, -0.05) is 42.5 Å². The van der Waals surface area contributed by atoms with Gasteiger partial charge in [0.15, 0.2) is 11.9 Å². The summed E-state index contributed by atoms with van der Waals surface area (Å²) in [6, 6.07) is 9.11. The summed E-state index contributed by atoms with van der Waals surface area (Å²) in [7, 11) is 1.29. The van der Waals surface area contributed by atoms with Crippen LogP contribution in [0.4, 0.5) is 4.79 Å². The fourth-order valence-electron chi connectivity index (χ4n) is 4.44. The van der Waals surface area contributed by atoms with E-state index in [1.807, 2.05) is 56.3 Å². The highest BCUT2D eigenvalue weighted by molar-refractivity contribution is 5.79. The van der Waals surface area contributed by atoms with E-state index in [9.17, 15) is 9.59 Å². The molecule has 4 atom stereocenters. The molecule has 0 spiro atoms. The van der Waals surface area contributed by atoms with Crippen molar-refractivity contribution in [3.63, 3.8) is 0 Å². The summed E-state index contributed by atoms with van der Waals surface area (Å²) in [6.07, 6.45) is 1.77. The minimum atomic E-state index is -1.13. The first kappa shape index (κ1) is 26.2. The van der Waals surface area contributed by atoms with Crippen LogP contribution in [0.1, 0.15) is 60.5 Å². The van der Waals surface area contributed by atoms with E-state index in [2.05, 4.69) is 0 Å². The molecule has 2 heterocycles. The molecule has 1 aromatic rings. The van der Waals surface area contributed by atoms with Gasteiger partial charge in [0.2, 0.25) is 0 Å². The van der Waals surface area contributed by atoms with Crippen molar-refractivity contribution in [2.24, 2.45) is 0 Å². The van der Waals surface area contributed by atoms with E-state index in [4.69, 9.17) is 23.7 Å². The second-order valence-corrected chi connectivity index (χ2v) is 10.5. The first-order valence-electron chi connectivity index (χ1n) is 11.6. The van der Waals surface area contributed by atoms with Crippen LogP contribution in [0, 0.1) is 0 Å². The van der Waals surface area contributed by atoms with Gasteiger partial charge < -0.3 is 23.7 Å². The third-order valence-electron chi connectivity index (χ3n) is 5.66. The quantitative estimate of drug-likeness (QED) is 0.579. The van der Waals surface area contributed by atoms with Crippen LogP contribution in [-0.4, -0.2) is 65.5 Å². The maximum absolute atomic E-state index is 13.3. The molecule has 2 aliphatic rings. The van der Waals surface area contributed by atoms with E-state index in [-0.39, 0.29) is 0 Å². The van der Waals surface area contributed by atoms with Gasteiger partial charge in [0, 0.05) is 0 Å². The Morgan fingerprint density at radius 2 is 1.71 bits per heavy atom. The minimum Gasteiger partial charge on any atom is -0.467 e. The van der Waals surface area contributed by atoms with Gasteiger partial charge in [0.05, 0.1) is 13.2 Å². The molecule has 0 N–H and O–H groups in total. The number of amides is 1. The number of hydrogen-bond acceptors (Lipinski definition) is 7. The van der Waals surface area contributed by atoms with Gasteiger partial charge >= 0.3 is 12.1 Å². The molecular weight excluding hydrogens is 438 g/mol. The molecular formula is C26H37NO7. The second-order valence-electron chi connectivity index (χ2n) is 10.5. The zero-order valence-corrected chi connectivity index (χ0v) is 21.4. The van der Waals surface area contributed by atoms with Crippen molar-refractivity contribution in [2.75, 3.05) is 7.11 Å². The molecule has 2 saturated heterocycles. The van der Waals surface area contributed by atoms with Crippen LogP contribution in [0.25, 0.3) is 6.08 Å². The number of hydrogen-bond donors (Lipinski definition) is 0. The number of benzene rings is 1. The van der Waals surface area contributed by atoms with E-state index in [0.29, 0.717) is 6.42 Å². The Bertz CT molecular complexity index is 903. The molecule has 188 valence electrons. The molecule has 0 aromatic heterocycles. The van der Waals surface area contributed by atoms with Gasteiger partial charge in [-0.3, -0.25) is 4.90 Å². The van der Waals surface area contributed by atoms with Crippen LogP contribution in [-0.2, 0) is 28.5 Å². The smallest absolute Gasteiger partial charge is 0.413 e. The number of esters is 1. The van der Waals surface area contributed by atoms with Crippen molar-refractivity contribution in [1.82, 2.24) is 4.90 Å². The van der Waals surface area contributed by atoms with Crippen LogP contribution in [0.2, 0.25) is 0 Å². The molecule has 0 radical (unpaired) electrons. The SMILES string of the molecule is COC(=O)[C@H]1OC(C)(C)N(C(=O)OC(C)(C)C)[C@@H]1[C@@H]1OC(C)(C)O[C@H]1C/C=C/c1ccccc1. The average molecular weight is 476 g/mol. The molecule has 2 fully saturated rings. The molecule has 34 heavy (non-hydrogen) atoms. The summed E-state index contributed by atoms with van der Waals surface area (Å²) >= 11 is 0. The lowest BCUT2D eigenvalue weighted by atomic mass is 9.96. The van der Waals surface area contributed by atoms with Crippen molar-refractivity contribution < 1.29 is 33.3 Å². The second kappa shape index (κ2) is 9.68. The highest BCUT2D eigenvalue weighted by Crippen LogP contribution is 2.42. The molecule has 0 saturated carbocycles. The summed E-state index contributed by atoms with van der Waals surface area (Å²) in [4.78, 5) is 27.5. The Kier molecular flexibility index (Phi) is 7.45.